The predicted octanol–water partition coefficient (Wildman–Crippen LogP) is 1.90. The molecule has 1 aromatic carbocycles. The molecule has 2 aliphatic heterocycles. The first-order chi connectivity index (χ1) is 8.63. The highest BCUT2D eigenvalue weighted by Gasteiger charge is 2.33. The van der Waals surface area contributed by atoms with E-state index >= 15 is 0 Å². The first-order valence-corrected chi connectivity index (χ1v) is 6.82. The Hall–Kier alpha value is -1.07. The van der Waals surface area contributed by atoms with E-state index in [2.05, 4.69) is 33.0 Å². The molecule has 3 rings (SSSR count). The van der Waals surface area contributed by atoms with Gasteiger partial charge in [-0.1, -0.05) is 15.9 Å². The van der Waals surface area contributed by atoms with E-state index in [0.29, 0.717) is 13.1 Å². The molecule has 0 spiro atoms. The Morgan fingerprint density at radius 1 is 1.50 bits per heavy atom. The van der Waals surface area contributed by atoms with Crippen LogP contribution in [-0.2, 0) is 17.8 Å². The molecule has 1 saturated heterocycles. The maximum absolute atomic E-state index is 10.8. The lowest BCUT2D eigenvalue weighted by molar-refractivity contribution is -0.147. The van der Waals surface area contributed by atoms with Gasteiger partial charge in [-0.2, -0.15) is 0 Å². The largest absolute Gasteiger partial charge is 0.493 e. The molecule has 2 aliphatic rings. The number of carbonyl (C=O) groups is 1. The van der Waals surface area contributed by atoms with E-state index in [1.54, 1.807) is 0 Å². The monoisotopic (exact) mass is 311 g/mol. The van der Waals surface area contributed by atoms with Crippen molar-refractivity contribution in [3.05, 3.63) is 27.7 Å². The maximum Gasteiger partial charge on any atom is 0.309 e. The van der Waals surface area contributed by atoms with Crippen LogP contribution in [0.4, 0.5) is 0 Å². The molecule has 96 valence electrons. The number of hydrogen-bond acceptors (Lipinski definition) is 3. The number of benzene rings is 1. The van der Waals surface area contributed by atoms with E-state index in [0.717, 1.165) is 35.4 Å². The average molecular weight is 312 g/mol. The van der Waals surface area contributed by atoms with E-state index in [1.807, 2.05) is 0 Å². The van der Waals surface area contributed by atoms with Gasteiger partial charge in [0.1, 0.15) is 5.75 Å². The van der Waals surface area contributed by atoms with Gasteiger partial charge >= 0.3 is 5.97 Å². The first kappa shape index (κ1) is 12.0. The number of likely N-dealkylation sites (tertiary alicyclic amines) is 1. The van der Waals surface area contributed by atoms with Gasteiger partial charge in [0.05, 0.1) is 12.5 Å². The minimum Gasteiger partial charge on any atom is -0.493 e. The molecule has 1 N–H and O–H groups in total. The number of aliphatic carboxylic acids is 1. The molecule has 1 fully saturated rings. The first-order valence-electron chi connectivity index (χ1n) is 6.03. The fraction of sp³-hybridized carbons (Fsp3) is 0.462. The van der Waals surface area contributed by atoms with Gasteiger partial charge in [0.15, 0.2) is 0 Å². The minimum absolute atomic E-state index is 0.203. The second-order valence-corrected chi connectivity index (χ2v) is 5.80. The highest BCUT2D eigenvalue weighted by molar-refractivity contribution is 9.10. The molecular weight excluding hydrogens is 298 g/mol. The van der Waals surface area contributed by atoms with E-state index < -0.39 is 5.97 Å². The Kier molecular flexibility index (Phi) is 3.03. The topological polar surface area (TPSA) is 49.8 Å². The molecule has 0 bridgehead atoms. The Balaban J connectivity index is 1.73. The van der Waals surface area contributed by atoms with Gasteiger partial charge in [-0.15, -0.1) is 0 Å². The number of carboxylic acid groups (broad SMARTS) is 1. The molecule has 0 aliphatic carbocycles. The van der Waals surface area contributed by atoms with Gasteiger partial charge in [0.2, 0.25) is 0 Å². The third-order valence-corrected chi connectivity index (χ3v) is 3.98. The summed E-state index contributed by atoms with van der Waals surface area (Å²) in [5, 5.41) is 8.86. The fourth-order valence-corrected chi connectivity index (χ4v) is 3.11. The smallest absolute Gasteiger partial charge is 0.309 e. The zero-order valence-corrected chi connectivity index (χ0v) is 11.4. The van der Waals surface area contributed by atoms with Gasteiger partial charge in [-0.05, 0) is 17.7 Å². The summed E-state index contributed by atoms with van der Waals surface area (Å²) in [5.41, 5.74) is 2.40. The van der Waals surface area contributed by atoms with Crippen LogP contribution in [0, 0.1) is 5.92 Å². The van der Waals surface area contributed by atoms with Gasteiger partial charge in [0, 0.05) is 36.1 Å². The zero-order valence-electron chi connectivity index (χ0n) is 9.86. The zero-order chi connectivity index (χ0) is 12.7. The molecule has 0 aromatic heterocycles. The molecule has 0 unspecified atom stereocenters. The van der Waals surface area contributed by atoms with Crippen molar-refractivity contribution in [3.63, 3.8) is 0 Å². The highest BCUT2D eigenvalue weighted by atomic mass is 79.9. The molecule has 0 saturated carbocycles. The summed E-state index contributed by atoms with van der Waals surface area (Å²) in [7, 11) is 0. The lowest BCUT2D eigenvalue weighted by atomic mass is 9.99. The second-order valence-electron chi connectivity index (χ2n) is 4.88. The normalized spacial score (nSPS) is 19.2. The van der Waals surface area contributed by atoms with Crippen molar-refractivity contribution in [2.75, 3.05) is 19.7 Å². The van der Waals surface area contributed by atoms with Crippen LogP contribution in [0.25, 0.3) is 0 Å². The van der Waals surface area contributed by atoms with Crippen molar-refractivity contribution in [1.82, 2.24) is 4.90 Å². The standard InChI is InChI=1S/C13H14BrNO3/c14-11-3-8-1-2-18-12(8)9(4-11)5-15-6-10(7-15)13(16)17/h3-4,10H,1-2,5-7H2,(H,16,17). The molecule has 18 heavy (non-hydrogen) atoms. The molecule has 4 nitrogen and oxygen atoms in total. The van der Waals surface area contributed by atoms with Crippen molar-refractivity contribution in [2.45, 2.75) is 13.0 Å². The minimum atomic E-state index is -0.693. The van der Waals surface area contributed by atoms with Crippen LogP contribution in [0.15, 0.2) is 16.6 Å². The molecule has 0 amide bonds. The molecule has 0 atom stereocenters. The van der Waals surface area contributed by atoms with Crippen LogP contribution < -0.4 is 4.74 Å². The lowest BCUT2D eigenvalue weighted by Crippen LogP contribution is -2.49. The van der Waals surface area contributed by atoms with Crippen molar-refractivity contribution in [3.8, 4) is 5.75 Å². The van der Waals surface area contributed by atoms with Crippen LogP contribution in [0.1, 0.15) is 11.1 Å². The Morgan fingerprint density at radius 2 is 2.28 bits per heavy atom. The van der Waals surface area contributed by atoms with Crippen molar-refractivity contribution < 1.29 is 14.6 Å². The average Bonchev–Trinajstić information content (AvgIpc) is 2.69. The molecule has 5 heteroatoms. The molecule has 1 aromatic rings. The fourth-order valence-electron chi connectivity index (χ4n) is 2.56. The van der Waals surface area contributed by atoms with Crippen molar-refractivity contribution in [1.29, 1.82) is 0 Å². The number of rotatable bonds is 3. The molecule has 2 heterocycles. The van der Waals surface area contributed by atoms with Gasteiger partial charge < -0.3 is 9.84 Å². The molecular formula is C13H14BrNO3. The van der Waals surface area contributed by atoms with Crippen molar-refractivity contribution in [2.24, 2.45) is 5.92 Å². The second kappa shape index (κ2) is 4.55. The third-order valence-electron chi connectivity index (χ3n) is 3.53. The van der Waals surface area contributed by atoms with E-state index in [-0.39, 0.29) is 5.92 Å². The summed E-state index contributed by atoms with van der Waals surface area (Å²) in [6.45, 7) is 2.79. The summed E-state index contributed by atoms with van der Waals surface area (Å²) in [6.07, 6.45) is 0.958. The summed E-state index contributed by atoms with van der Waals surface area (Å²) in [5.74, 6) is 0.102. The quantitative estimate of drug-likeness (QED) is 0.926. The Morgan fingerprint density at radius 3 is 3.00 bits per heavy atom. The summed E-state index contributed by atoms with van der Waals surface area (Å²) in [4.78, 5) is 12.9. The van der Waals surface area contributed by atoms with Gasteiger partial charge in [-0.3, -0.25) is 9.69 Å². The van der Waals surface area contributed by atoms with Crippen LogP contribution >= 0.6 is 15.9 Å². The summed E-state index contributed by atoms with van der Waals surface area (Å²) < 4.78 is 6.73. The summed E-state index contributed by atoms with van der Waals surface area (Å²) >= 11 is 3.51. The van der Waals surface area contributed by atoms with Crippen LogP contribution in [0.5, 0.6) is 5.75 Å². The number of nitrogens with zero attached hydrogens (tertiary/aromatic N) is 1. The number of halogens is 1. The van der Waals surface area contributed by atoms with Gasteiger partial charge in [-0.25, -0.2) is 0 Å². The Bertz CT molecular complexity index is 497. The SMILES string of the molecule is O=C(O)C1CN(Cc2cc(Br)cc3c2OCC3)C1. The van der Waals surface area contributed by atoms with E-state index in [4.69, 9.17) is 9.84 Å². The number of hydrogen-bond donors (Lipinski definition) is 1. The van der Waals surface area contributed by atoms with E-state index in [9.17, 15) is 4.79 Å². The van der Waals surface area contributed by atoms with E-state index in [1.165, 1.54) is 5.56 Å². The maximum atomic E-state index is 10.8. The van der Waals surface area contributed by atoms with Gasteiger partial charge in [0.25, 0.3) is 0 Å². The number of carboxylic acids is 1. The Labute approximate surface area is 114 Å². The summed E-state index contributed by atoms with van der Waals surface area (Å²) in [6, 6.07) is 4.17. The van der Waals surface area contributed by atoms with Crippen LogP contribution in [-0.4, -0.2) is 35.7 Å². The van der Waals surface area contributed by atoms with Crippen LogP contribution in [0.2, 0.25) is 0 Å². The third kappa shape index (κ3) is 2.12. The highest BCUT2D eigenvalue weighted by Crippen LogP contribution is 2.34. The predicted molar refractivity (Wildman–Crippen MR) is 69.7 cm³/mol. The lowest BCUT2D eigenvalue weighted by Gasteiger charge is -2.36. The van der Waals surface area contributed by atoms with Crippen LogP contribution in [0.3, 0.4) is 0 Å². The number of fused-ring (bicyclic) bond motifs is 1. The number of ether oxygens (including phenoxy) is 1. The molecule has 0 radical (unpaired) electrons. The van der Waals surface area contributed by atoms with Crippen molar-refractivity contribution >= 4 is 21.9 Å².